The maximum absolute atomic E-state index is 12.5. The molecule has 0 unspecified atom stereocenters. The summed E-state index contributed by atoms with van der Waals surface area (Å²) >= 11 is 0. The molecule has 0 N–H and O–H groups in total. The van der Waals surface area contributed by atoms with E-state index in [4.69, 9.17) is 4.52 Å². The van der Waals surface area contributed by atoms with Crippen LogP contribution >= 0.6 is 7.37 Å². The molecule has 0 saturated carbocycles. The minimum absolute atomic E-state index is 0.584. The average molecular weight is 279 g/mol. The van der Waals surface area contributed by atoms with Crippen molar-refractivity contribution in [2.24, 2.45) is 11.8 Å². The average Bonchev–Trinajstić information content (AvgIpc) is 2.85. The Kier molecular flexibility index (Phi) is 3.79. The molecule has 0 bridgehead atoms. The molecular formula is C15H22NO2P. The lowest BCUT2D eigenvalue weighted by Crippen LogP contribution is -2.22. The molecule has 3 rings (SSSR count). The third kappa shape index (κ3) is 2.94. The van der Waals surface area contributed by atoms with Crippen molar-refractivity contribution in [3.63, 3.8) is 0 Å². The zero-order valence-corrected chi connectivity index (χ0v) is 12.4. The molecule has 3 atom stereocenters. The smallest absolute Gasteiger partial charge is 0.203 e. The fourth-order valence-corrected chi connectivity index (χ4v) is 6.64. The Morgan fingerprint density at radius 3 is 2.42 bits per heavy atom. The molecule has 1 aromatic rings. The third-order valence-corrected chi connectivity index (χ3v) is 7.07. The van der Waals surface area contributed by atoms with E-state index in [1.807, 2.05) is 6.92 Å². The van der Waals surface area contributed by atoms with Crippen LogP contribution < -0.4 is 0 Å². The Hall–Kier alpha value is -0.630. The van der Waals surface area contributed by atoms with Crippen molar-refractivity contribution in [3.05, 3.63) is 35.9 Å². The van der Waals surface area contributed by atoms with Gasteiger partial charge in [0.1, 0.15) is 0 Å². The molecule has 0 spiro atoms. The molecule has 0 aromatic heterocycles. The van der Waals surface area contributed by atoms with Gasteiger partial charge in [0.05, 0.1) is 6.61 Å². The van der Waals surface area contributed by atoms with Crippen LogP contribution in [0.2, 0.25) is 0 Å². The standard InChI is InChI=1S/C15H22NO2P/c1-2-18-19(17)11-14-9-16(10-15(14)12-19)8-13-6-4-3-5-7-13/h3-7,14-15H,2,8-12H2,1H3/t14-,15+,19-. The van der Waals surface area contributed by atoms with Crippen molar-refractivity contribution in [2.75, 3.05) is 32.0 Å². The highest BCUT2D eigenvalue weighted by atomic mass is 31.2. The van der Waals surface area contributed by atoms with Crippen molar-refractivity contribution in [1.82, 2.24) is 4.90 Å². The summed E-state index contributed by atoms with van der Waals surface area (Å²) in [6.45, 7) is 5.71. The Labute approximate surface area is 115 Å². The first-order chi connectivity index (χ1) is 9.18. The number of likely N-dealkylation sites (tertiary alicyclic amines) is 1. The van der Waals surface area contributed by atoms with Crippen LogP contribution in [-0.2, 0) is 15.6 Å². The first kappa shape index (κ1) is 13.4. The fourth-order valence-electron chi connectivity index (χ4n) is 3.55. The minimum atomic E-state index is -2.28. The van der Waals surface area contributed by atoms with Crippen molar-refractivity contribution in [2.45, 2.75) is 13.5 Å². The number of fused-ring (bicyclic) bond motifs is 1. The summed E-state index contributed by atoms with van der Waals surface area (Å²) < 4.78 is 18.0. The molecule has 4 heteroatoms. The van der Waals surface area contributed by atoms with E-state index in [2.05, 4.69) is 35.2 Å². The van der Waals surface area contributed by atoms with Gasteiger partial charge in [-0.2, -0.15) is 0 Å². The molecule has 0 aliphatic carbocycles. The van der Waals surface area contributed by atoms with Gasteiger partial charge in [-0.1, -0.05) is 30.3 Å². The van der Waals surface area contributed by atoms with Crippen molar-refractivity contribution in [1.29, 1.82) is 0 Å². The molecule has 104 valence electrons. The molecule has 2 aliphatic rings. The van der Waals surface area contributed by atoms with Gasteiger partial charge in [-0.25, -0.2) is 0 Å². The van der Waals surface area contributed by atoms with Crippen LogP contribution in [0.1, 0.15) is 12.5 Å². The lowest BCUT2D eigenvalue weighted by atomic mass is 10.0. The SMILES string of the molecule is CCO[P@]1(=O)C[C@H]2CN(Cc3ccccc3)C[C@H]2C1. The van der Waals surface area contributed by atoms with Gasteiger partial charge in [-0.15, -0.1) is 0 Å². The van der Waals surface area contributed by atoms with Crippen LogP contribution in [0, 0.1) is 11.8 Å². The second-order valence-corrected chi connectivity index (χ2v) is 8.41. The Balaban J connectivity index is 1.58. The molecule has 2 aliphatic heterocycles. The monoisotopic (exact) mass is 279 g/mol. The van der Waals surface area contributed by atoms with Gasteiger partial charge < -0.3 is 4.52 Å². The van der Waals surface area contributed by atoms with Crippen LogP contribution in [0.25, 0.3) is 0 Å². The summed E-state index contributed by atoms with van der Waals surface area (Å²) in [7, 11) is -2.28. The Bertz CT molecular complexity index is 458. The van der Waals surface area contributed by atoms with Gasteiger partial charge in [0.2, 0.25) is 7.37 Å². The largest absolute Gasteiger partial charge is 0.329 e. The summed E-state index contributed by atoms with van der Waals surface area (Å²) in [6, 6.07) is 10.6. The number of rotatable bonds is 4. The molecule has 1 aromatic carbocycles. The predicted molar refractivity (Wildman–Crippen MR) is 77.7 cm³/mol. The van der Waals surface area contributed by atoms with E-state index in [1.165, 1.54) is 5.56 Å². The van der Waals surface area contributed by atoms with E-state index in [1.54, 1.807) is 0 Å². The molecule has 2 saturated heterocycles. The number of hydrogen-bond acceptors (Lipinski definition) is 3. The van der Waals surface area contributed by atoms with E-state index >= 15 is 0 Å². The number of benzene rings is 1. The van der Waals surface area contributed by atoms with Gasteiger partial charge in [0, 0.05) is 32.0 Å². The number of hydrogen-bond donors (Lipinski definition) is 0. The summed E-state index contributed by atoms with van der Waals surface area (Å²) in [5.74, 6) is 1.17. The molecule has 2 fully saturated rings. The van der Waals surface area contributed by atoms with E-state index in [-0.39, 0.29) is 0 Å². The summed E-state index contributed by atoms with van der Waals surface area (Å²) in [5, 5.41) is 0. The van der Waals surface area contributed by atoms with Crippen LogP contribution in [0.5, 0.6) is 0 Å². The second-order valence-electron chi connectivity index (χ2n) is 5.80. The molecule has 0 radical (unpaired) electrons. The molecule has 3 nitrogen and oxygen atoms in total. The highest BCUT2D eigenvalue weighted by Gasteiger charge is 2.46. The van der Waals surface area contributed by atoms with Gasteiger partial charge in [-0.05, 0) is 24.3 Å². The van der Waals surface area contributed by atoms with Crippen molar-refractivity contribution in [3.8, 4) is 0 Å². The van der Waals surface area contributed by atoms with E-state index in [9.17, 15) is 4.57 Å². The topological polar surface area (TPSA) is 29.5 Å². The van der Waals surface area contributed by atoms with Gasteiger partial charge in [0.15, 0.2) is 0 Å². The quantitative estimate of drug-likeness (QED) is 0.793. The number of nitrogens with zero attached hydrogens (tertiary/aromatic N) is 1. The predicted octanol–water partition coefficient (Wildman–Crippen LogP) is 3.06. The normalized spacial score (nSPS) is 34.6. The molecule has 2 heterocycles. The summed E-state index contributed by atoms with van der Waals surface area (Å²) in [5.41, 5.74) is 1.37. The van der Waals surface area contributed by atoms with Crippen LogP contribution in [0.15, 0.2) is 30.3 Å². The molecule has 0 amide bonds. The van der Waals surface area contributed by atoms with E-state index in [0.29, 0.717) is 18.4 Å². The minimum Gasteiger partial charge on any atom is -0.329 e. The first-order valence-electron chi connectivity index (χ1n) is 7.17. The van der Waals surface area contributed by atoms with Gasteiger partial charge >= 0.3 is 0 Å². The highest BCUT2D eigenvalue weighted by molar-refractivity contribution is 7.59. The highest BCUT2D eigenvalue weighted by Crippen LogP contribution is 2.59. The van der Waals surface area contributed by atoms with Crippen molar-refractivity contribution < 1.29 is 9.09 Å². The second kappa shape index (κ2) is 5.40. The Morgan fingerprint density at radius 2 is 1.84 bits per heavy atom. The van der Waals surface area contributed by atoms with Crippen LogP contribution in [0.3, 0.4) is 0 Å². The first-order valence-corrected chi connectivity index (χ1v) is 9.17. The van der Waals surface area contributed by atoms with E-state index < -0.39 is 7.37 Å². The van der Waals surface area contributed by atoms with Crippen LogP contribution in [-0.4, -0.2) is 36.9 Å². The lowest BCUT2D eigenvalue weighted by molar-refractivity contribution is 0.304. The van der Waals surface area contributed by atoms with Crippen LogP contribution in [0.4, 0.5) is 0 Å². The van der Waals surface area contributed by atoms with E-state index in [0.717, 1.165) is 32.0 Å². The van der Waals surface area contributed by atoms with Crippen molar-refractivity contribution >= 4 is 7.37 Å². The Morgan fingerprint density at radius 1 is 1.21 bits per heavy atom. The maximum Gasteiger partial charge on any atom is 0.203 e. The summed E-state index contributed by atoms with van der Waals surface area (Å²) in [6.07, 6.45) is 1.60. The zero-order chi connectivity index (χ0) is 13.3. The fraction of sp³-hybridized carbons (Fsp3) is 0.600. The van der Waals surface area contributed by atoms with Gasteiger partial charge in [-0.3, -0.25) is 9.46 Å². The molecule has 19 heavy (non-hydrogen) atoms. The summed E-state index contributed by atoms with van der Waals surface area (Å²) in [4.78, 5) is 2.50. The molecular weight excluding hydrogens is 257 g/mol. The van der Waals surface area contributed by atoms with Gasteiger partial charge in [0.25, 0.3) is 0 Å². The third-order valence-electron chi connectivity index (χ3n) is 4.29. The lowest BCUT2D eigenvalue weighted by Gasteiger charge is -2.19. The maximum atomic E-state index is 12.5. The zero-order valence-electron chi connectivity index (χ0n) is 11.5.